The van der Waals surface area contributed by atoms with Crippen LogP contribution in [0.15, 0.2) is 0 Å². The molecule has 0 bridgehead atoms. The Kier molecular flexibility index (Phi) is 10.4. The molecular weight excluding hydrogens is 440 g/mol. The molecule has 0 rings (SSSR count). The Balaban J connectivity index is 3.60. The lowest BCUT2D eigenvalue weighted by Gasteiger charge is -2.03. The third-order valence-electron chi connectivity index (χ3n) is 1.09. The summed E-state index contributed by atoms with van der Waals surface area (Å²) in [5.41, 5.74) is 0. The van der Waals surface area contributed by atoms with Crippen molar-refractivity contribution in [1.29, 1.82) is 0 Å². The fourth-order valence-corrected chi connectivity index (χ4v) is 0.831. The van der Waals surface area contributed by atoms with E-state index < -0.39 is 12.1 Å². The highest BCUT2D eigenvalue weighted by molar-refractivity contribution is 14.1. The van der Waals surface area contributed by atoms with Crippen molar-refractivity contribution < 1.29 is 19.1 Å². The lowest BCUT2D eigenvalue weighted by Crippen LogP contribution is -2.31. The highest BCUT2D eigenvalue weighted by Gasteiger charge is 2.05. The molecule has 5 nitrogen and oxygen atoms in total. The molecule has 0 radical (unpaired) electrons. The van der Waals surface area contributed by atoms with Crippen LogP contribution < -0.4 is 5.32 Å². The van der Waals surface area contributed by atoms with Crippen molar-refractivity contribution in [3.63, 3.8) is 0 Å². The molecule has 16 heavy (non-hydrogen) atoms. The van der Waals surface area contributed by atoms with Gasteiger partial charge in [0.15, 0.2) is 13.2 Å². The molecule has 0 atom stereocenters. The summed E-state index contributed by atoms with van der Waals surface area (Å²) in [4.78, 5) is 21.9. The van der Waals surface area contributed by atoms with Gasteiger partial charge in [0.2, 0.25) is 0 Å². The normalized spacial score (nSPS) is 7.62. The van der Waals surface area contributed by atoms with E-state index in [2.05, 4.69) is 34.5 Å². The summed E-state index contributed by atoms with van der Waals surface area (Å²) in [6.45, 7) is -0.248. The summed E-state index contributed by atoms with van der Waals surface area (Å²) in [6.07, 6.45) is -0.712. The fraction of sp³-hybridized carbons (Fsp3) is 0.333. The molecule has 0 saturated heterocycles. The predicted octanol–water partition coefficient (Wildman–Crippen LogP) is 1.05. The van der Waals surface area contributed by atoms with E-state index in [0.29, 0.717) is 0 Å². The van der Waals surface area contributed by atoms with Crippen LogP contribution in [0.1, 0.15) is 0 Å². The maximum Gasteiger partial charge on any atom is 0.408 e. The number of hydrogen-bond donors (Lipinski definition) is 1. The molecule has 0 fully saturated rings. The number of esters is 1. The number of ether oxygens (including phenoxy) is 2. The smallest absolute Gasteiger partial charge is 0.408 e. The highest BCUT2D eigenvalue weighted by atomic mass is 127. The van der Waals surface area contributed by atoms with Crippen LogP contribution in [0.4, 0.5) is 4.79 Å². The van der Waals surface area contributed by atoms with Gasteiger partial charge in [-0.1, -0.05) is 11.8 Å². The van der Waals surface area contributed by atoms with Gasteiger partial charge in [-0.2, -0.15) is 0 Å². The van der Waals surface area contributed by atoms with Crippen molar-refractivity contribution in [3.05, 3.63) is 0 Å². The average molecular weight is 447 g/mol. The van der Waals surface area contributed by atoms with E-state index >= 15 is 0 Å². The number of hydrogen-bond acceptors (Lipinski definition) is 4. The topological polar surface area (TPSA) is 64.6 Å². The van der Waals surface area contributed by atoms with Crippen LogP contribution in [0, 0.1) is 19.7 Å². The van der Waals surface area contributed by atoms with Gasteiger partial charge in [0, 0.05) is 45.2 Å². The Hall–Kier alpha value is -0.680. The number of alkyl carbamates (subject to hydrolysis) is 1. The van der Waals surface area contributed by atoms with E-state index in [4.69, 9.17) is 0 Å². The Morgan fingerprint density at radius 1 is 1.06 bits per heavy atom. The number of amides is 1. The molecular formula is C9H7I2NO4. The van der Waals surface area contributed by atoms with Crippen molar-refractivity contribution in [2.75, 3.05) is 19.8 Å². The van der Waals surface area contributed by atoms with E-state index in [0.717, 1.165) is 0 Å². The van der Waals surface area contributed by atoms with E-state index in [1.54, 1.807) is 0 Å². The number of halogens is 2. The summed E-state index contributed by atoms with van der Waals surface area (Å²) in [5, 5.41) is 2.21. The second-order valence-electron chi connectivity index (χ2n) is 2.13. The Morgan fingerprint density at radius 3 is 2.19 bits per heavy atom. The zero-order valence-corrected chi connectivity index (χ0v) is 12.3. The number of carbonyl (C=O) groups is 2. The third kappa shape index (κ3) is 9.86. The molecule has 86 valence electrons. The quantitative estimate of drug-likeness (QED) is 0.398. The fourth-order valence-electron chi connectivity index (χ4n) is 0.519. The zero-order chi connectivity index (χ0) is 12.2. The van der Waals surface area contributed by atoms with Gasteiger partial charge in [-0.05, 0) is 7.85 Å². The van der Waals surface area contributed by atoms with Crippen LogP contribution in [0.2, 0.25) is 0 Å². The molecule has 0 aromatic carbocycles. The van der Waals surface area contributed by atoms with E-state index in [-0.39, 0.29) is 19.8 Å². The number of nitrogens with one attached hydrogen (secondary N) is 1. The van der Waals surface area contributed by atoms with Gasteiger partial charge in [-0.15, -0.1) is 0 Å². The molecule has 0 heterocycles. The first-order valence-corrected chi connectivity index (χ1v) is 6.09. The molecule has 0 aromatic heterocycles. The lowest BCUT2D eigenvalue weighted by atomic mass is 10.6. The van der Waals surface area contributed by atoms with Crippen LogP contribution in [0.3, 0.4) is 0 Å². The first-order valence-electron chi connectivity index (χ1n) is 3.94. The van der Waals surface area contributed by atoms with Crippen LogP contribution in [0.25, 0.3) is 0 Å². The van der Waals surface area contributed by atoms with Crippen LogP contribution >= 0.6 is 45.2 Å². The molecule has 0 aliphatic carbocycles. The Morgan fingerprint density at radius 2 is 1.62 bits per heavy atom. The monoisotopic (exact) mass is 447 g/mol. The maximum atomic E-state index is 11.0. The largest absolute Gasteiger partial charge is 0.451 e. The predicted molar refractivity (Wildman–Crippen MR) is 73.9 cm³/mol. The standard InChI is InChI=1S/C9H7I2NO4/c10-3-1-5-15-8(13)7-12-9(14)16-6-2-4-11/h5-7H2,(H,12,14). The molecule has 7 heteroatoms. The van der Waals surface area contributed by atoms with Crippen molar-refractivity contribution in [2.45, 2.75) is 0 Å². The van der Waals surface area contributed by atoms with Gasteiger partial charge in [0.05, 0.1) is 0 Å². The van der Waals surface area contributed by atoms with Crippen molar-refractivity contribution in [1.82, 2.24) is 5.32 Å². The van der Waals surface area contributed by atoms with Crippen molar-refractivity contribution >= 4 is 57.2 Å². The number of carbonyl (C=O) groups excluding carboxylic acids is 2. The zero-order valence-electron chi connectivity index (χ0n) is 8.01. The van der Waals surface area contributed by atoms with Gasteiger partial charge in [-0.3, -0.25) is 4.79 Å². The van der Waals surface area contributed by atoms with Crippen LogP contribution in [-0.2, 0) is 14.3 Å². The summed E-state index contributed by atoms with van der Waals surface area (Å²) in [7, 11) is 0. The van der Waals surface area contributed by atoms with E-state index in [1.807, 2.05) is 45.2 Å². The summed E-state index contributed by atoms with van der Waals surface area (Å²) in [5.74, 6) is 4.49. The summed E-state index contributed by atoms with van der Waals surface area (Å²) >= 11 is 3.65. The average Bonchev–Trinajstić information content (AvgIpc) is 2.27. The Labute approximate surface area is 120 Å². The SMILES string of the molecule is O=C(CNC(=O)OCC#CI)OCC#CI. The van der Waals surface area contributed by atoms with Gasteiger partial charge in [0.1, 0.15) is 6.54 Å². The first kappa shape index (κ1) is 15.3. The van der Waals surface area contributed by atoms with Gasteiger partial charge < -0.3 is 14.8 Å². The molecule has 0 unspecified atom stereocenters. The van der Waals surface area contributed by atoms with E-state index in [9.17, 15) is 9.59 Å². The summed E-state index contributed by atoms with van der Waals surface area (Å²) in [6, 6.07) is 0. The lowest BCUT2D eigenvalue weighted by molar-refractivity contribution is -0.140. The van der Waals surface area contributed by atoms with Crippen LogP contribution in [0.5, 0.6) is 0 Å². The van der Waals surface area contributed by atoms with E-state index in [1.165, 1.54) is 0 Å². The second-order valence-corrected chi connectivity index (χ2v) is 3.21. The Bertz CT molecular complexity index is 325. The van der Waals surface area contributed by atoms with Crippen molar-refractivity contribution in [3.8, 4) is 19.7 Å². The molecule has 0 aliphatic heterocycles. The van der Waals surface area contributed by atoms with Crippen LogP contribution in [-0.4, -0.2) is 31.8 Å². The maximum absolute atomic E-state index is 11.0. The van der Waals surface area contributed by atoms with Crippen molar-refractivity contribution in [2.24, 2.45) is 0 Å². The second kappa shape index (κ2) is 10.8. The van der Waals surface area contributed by atoms with Gasteiger partial charge in [-0.25, -0.2) is 4.79 Å². The van der Waals surface area contributed by atoms with Gasteiger partial charge >= 0.3 is 12.1 Å². The third-order valence-corrected chi connectivity index (χ3v) is 1.85. The highest BCUT2D eigenvalue weighted by Crippen LogP contribution is 1.81. The first-order chi connectivity index (χ1) is 7.70. The summed E-state index contributed by atoms with van der Waals surface area (Å²) < 4.78 is 14.3. The van der Waals surface area contributed by atoms with Gasteiger partial charge in [0.25, 0.3) is 0 Å². The molecule has 0 spiro atoms. The molecule has 0 saturated carbocycles. The molecule has 0 aromatic rings. The number of rotatable bonds is 4. The molecule has 1 amide bonds. The molecule has 0 aliphatic rings. The minimum atomic E-state index is -0.712. The molecule has 1 N–H and O–H groups in total. The minimum absolute atomic E-state index is 0.00979. The minimum Gasteiger partial charge on any atom is -0.451 e.